The van der Waals surface area contributed by atoms with Crippen LogP contribution >= 0.6 is 11.6 Å². The van der Waals surface area contributed by atoms with Crippen molar-refractivity contribution in [2.24, 2.45) is 0 Å². The fourth-order valence-electron chi connectivity index (χ4n) is 5.08. The van der Waals surface area contributed by atoms with Gasteiger partial charge < -0.3 is 23.3 Å². The summed E-state index contributed by atoms with van der Waals surface area (Å²) in [5.74, 6) is 1.49. The van der Waals surface area contributed by atoms with Crippen LogP contribution in [0.5, 0.6) is 17.2 Å². The predicted octanol–water partition coefficient (Wildman–Crippen LogP) is 6.54. The maximum absolute atomic E-state index is 13.9. The second-order valence-electron chi connectivity index (χ2n) is 8.93. The first-order valence-electron chi connectivity index (χ1n) is 12.1. The molecule has 0 fully saturated rings. The zero-order valence-corrected chi connectivity index (χ0v) is 22.3. The van der Waals surface area contributed by atoms with Crippen molar-refractivity contribution in [3.05, 3.63) is 92.9 Å². The number of nitrogens with zero attached hydrogens (tertiary/aromatic N) is 2. The third-order valence-corrected chi connectivity index (χ3v) is 7.20. The normalized spacial score (nSPS) is 11.3. The van der Waals surface area contributed by atoms with Gasteiger partial charge in [0.25, 0.3) is 5.56 Å². The highest BCUT2D eigenvalue weighted by Gasteiger charge is 2.26. The van der Waals surface area contributed by atoms with Crippen LogP contribution in [0.15, 0.2) is 65.5 Å². The molecular weight excluding hydrogens is 488 g/mol. The maximum Gasteiger partial charge on any atom is 0.260 e. The van der Waals surface area contributed by atoms with Gasteiger partial charge in [-0.3, -0.25) is 4.79 Å². The monoisotopic (exact) mass is 516 g/mol. The molecule has 0 saturated heterocycles. The fourth-order valence-corrected chi connectivity index (χ4v) is 5.29. The van der Waals surface area contributed by atoms with E-state index in [1.165, 1.54) is 0 Å². The molecule has 0 spiro atoms. The molecule has 2 aromatic heterocycles. The van der Waals surface area contributed by atoms with Crippen LogP contribution in [-0.2, 0) is 13.0 Å². The van der Waals surface area contributed by atoms with E-state index in [9.17, 15) is 4.79 Å². The summed E-state index contributed by atoms with van der Waals surface area (Å²) in [6.45, 7) is 4.49. The topological polar surface area (TPSA) is 54.6 Å². The Morgan fingerprint density at radius 1 is 0.892 bits per heavy atom. The van der Waals surface area contributed by atoms with Crippen molar-refractivity contribution in [1.29, 1.82) is 0 Å². The number of aryl methyl sites for hydroxylation is 2. The van der Waals surface area contributed by atoms with Crippen LogP contribution in [0.4, 0.5) is 0 Å². The summed E-state index contributed by atoms with van der Waals surface area (Å²) in [4.78, 5) is 13.9. The molecule has 5 rings (SSSR count). The van der Waals surface area contributed by atoms with Gasteiger partial charge in [-0.1, -0.05) is 47.5 Å². The second kappa shape index (κ2) is 9.87. The Bertz CT molecular complexity index is 1680. The van der Waals surface area contributed by atoms with Crippen molar-refractivity contribution in [3.8, 4) is 22.9 Å². The minimum absolute atomic E-state index is 0.0782. The average Bonchev–Trinajstić information content (AvgIpc) is 3.28. The Labute approximate surface area is 220 Å². The van der Waals surface area contributed by atoms with Crippen molar-refractivity contribution in [1.82, 2.24) is 9.13 Å². The van der Waals surface area contributed by atoms with Crippen LogP contribution < -0.4 is 19.8 Å². The third-order valence-electron chi connectivity index (χ3n) is 6.83. The van der Waals surface area contributed by atoms with E-state index in [-0.39, 0.29) is 5.56 Å². The SMILES string of the molecule is CCn1c(=O)c2cc(Cc3ccccc3Cl)n(-c3ccc(C)cc3)c2c2c(OC)c(OC)c(OC)cc21. The first kappa shape index (κ1) is 24.8. The molecule has 0 atom stereocenters. The van der Waals surface area contributed by atoms with Gasteiger partial charge >= 0.3 is 0 Å². The van der Waals surface area contributed by atoms with Crippen LogP contribution in [0.3, 0.4) is 0 Å². The Balaban J connectivity index is 2.00. The van der Waals surface area contributed by atoms with Gasteiger partial charge in [-0.2, -0.15) is 0 Å². The largest absolute Gasteiger partial charge is 0.493 e. The smallest absolute Gasteiger partial charge is 0.260 e. The molecule has 0 N–H and O–H groups in total. The Kier molecular flexibility index (Phi) is 6.61. The Hall–Kier alpha value is -3.90. The quantitative estimate of drug-likeness (QED) is 0.246. The molecule has 2 heterocycles. The van der Waals surface area contributed by atoms with Crippen molar-refractivity contribution < 1.29 is 14.2 Å². The summed E-state index contributed by atoms with van der Waals surface area (Å²) in [7, 11) is 4.77. The molecule has 3 aromatic carbocycles. The fraction of sp³-hybridized carbons (Fsp3) is 0.233. The van der Waals surface area contributed by atoms with Crippen molar-refractivity contribution in [3.63, 3.8) is 0 Å². The Morgan fingerprint density at radius 3 is 2.22 bits per heavy atom. The van der Waals surface area contributed by atoms with Gasteiger partial charge in [0.15, 0.2) is 11.5 Å². The zero-order valence-electron chi connectivity index (χ0n) is 21.6. The molecule has 0 amide bonds. The zero-order chi connectivity index (χ0) is 26.3. The number of hydrogen-bond donors (Lipinski definition) is 0. The molecule has 7 heteroatoms. The van der Waals surface area contributed by atoms with Crippen LogP contribution in [0.25, 0.3) is 27.5 Å². The number of benzene rings is 3. The van der Waals surface area contributed by atoms with Crippen molar-refractivity contribution in [2.75, 3.05) is 21.3 Å². The lowest BCUT2D eigenvalue weighted by molar-refractivity contribution is 0.327. The highest BCUT2D eigenvalue weighted by Crippen LogP contribution is 2.46. The minimum Gasteiger partial charge on any atom is -0.493 e. The van der Waals surface area contributed by atoms with Gasteiger partial charge in [0.1, 0.15) is 0 Å². The van der Waals surface area contributed by atoms with E-state index in [1.807, 2.05) is 43.3 Å². The van der Waals surface area contributed by atoms with E-state index in [4.69, 9.17) is 25.8 Å². The number of rotatable bonds is 7. The number of halogens is 1. The van der Waals surface area contributed by atoms with Gasteiger partial charge in [-0.25, -0.2) is 0 Å². The molecule has 0 aliphatic carbocycles. The summed E-state index contributed by atoms with van der Waals surface area (Å²) >= 11 is 6.56. The van der Waals surface area contributed by atoms with E-state index in [0.29, 0.717) is 46.1 Å². The van der Waals surface area contributed by atoms with E-state index in [1.54, 1.807) is 25.9 Å². The van der Waals surface area contributed by atoms with E-state index in [2.05, 4.69) is 35.8 Å². The maximum atomic E-state index is 13.9. The summed E-state index contributed by atoms with van der Waals surface area (Å²) in [5.41, 5.74) is 5.40. The van der Waals surface area contributed by atoms with Crippen LogP contribution in [0.2, 0.25) is 5.02 Å². The summed E-state index contributed by atoms with van der Waals surface area (Å²) in [6, 6.07) is 19.9. The van der Waals surface area contributed by atoms with Crippen LogP contribution in [0, 0.1) is 6.92 Å². The molecule has 37 heavy (non-hydrogen) atoms. The number of pyridine rings is 1. The molecule has 0 saturated carbocycles. The van der Waals surface area contributed by atoms with Crippen LogP contribution in [-0.4, -0.2) is 30.5 Å². The second-order valence-corrected chi connectivity index (χ2v) is 9.33. The predicted molar refractivity (Wildman–Crippen MR) is 149 cm³/mol. The van der Waals surface area contributed by atoms with Crippen LogP contribution in [0.1, 0.15) is 23.7 Å². The highest BCUT2D eigenvalue weighted by molar-refractivity contribution is 6.31. The molecule has 6 nitrogen and oxygen atoms in total. The van der Waals surface area contributed by atoms with E-state index >= 15 is 0 Å². The van der Waals surface area contributed by atoms with Crippen molar-refractivity contribution in [2.45, 2.75) is 26.8 Å². The van der Waals surface area contributed by atoms with Gasteiger partial charge in [0, 0.05) is 35.4 Å². The van der Waals surface area contributed by atoms with E-state index in [0.717, 1.165) is 33.4 Å². The molecule has 0 radical (unpaired) electrons. The number of fused-ring (bicyclic) bond motifs is 3. The van der Waals surface area contributed by atoms with Gasteiger partial charge in [0.2, 0.25) is 5.75 Å². The lowest BCUT2D eigenvalue weighted by Crippen LogP contribution is -2.20. The average molecular weight is 517 g/mol. The molecule has 5 aromatic rings. The summed E-state index contributed by atoms with van der Waals surface area (Å²) in [6.07, 6.45) is 0.547. The number of methoxy groups -OCH3 is 3. The van der Waals surface area contributed by atoms with Gasteiger partial charge in [-0.05, 0) is 43.7 Å². The van der Waals surface area contributed by atoms with E-state index < -0.39 is 0 Å². The summed E-state index contributed by atoms with van der Waals surface area (Å²) < 4.78 is 21.2. The molecule has 190 valence electrons. The molecule has 0 aliphatic heterocycles. The lowest BCUT2D eigenvalue weighted by atomic mass is 10.1. The third kappa shape index (κ3) is 4.02. The molecule has 0 bridgehead atoms. The Morgan fingerprint density at radius 2 is 1.59 bits per heavy atom. The first-order chi connectivity index (χ1) is 17.9. The lowest BCUT2D eigenvalue weighted by Gasteiger charge is -2.20. The number of ether oxygens (including phenoxy) is 3. The summed E-state index contributed by atoms with van der Waals surface area (Å²) in [5, 5.41) is 2.06. The molecule has 0 unspecified atom stereocenters. The van der Waals surface area contributed by atoms with Gasteiger partial charge in [-0.15, -0.1) is 0 Å². The molecular formula is C30H29ClN2O4. The first-order valence-corrected chi connectivity index (χ1v) is 12.5. The van der Waals surface area contributed by atoms with Gasteiger partial charge in [0.05, 0.1) is 43.1 Å². The highest BCUT2D eigenvalue weighted by atomic mass is 35.5. The minimum atomic E-state index is -0.0782. The standard InChI is InChI=1S/C30H29ClN2O4/c1-6-32-24-17-25(35-3)28(36-4)29(37-5)26(24)27-22(30(32)34)16-21(15-19-9-7-8-10-23(19)31)33(27)20-13-11-18(2)12-14-20/h7-14,16-17H,6,15H2,1-5H3. The number of hydrogen-bond acceptors (Lipinski definition) is 4. The molecule has 0 aliphatic rings. The van der Waals surface area contributed by atoms with Crippen molar-refractivity contribution >= 4 is 33.4 Å². The number of aromatic nitrogens is 2.